The van der Waals surface area contributed by atoms with Crippen LogP contribution in [0.4, 0.5) is 15.8 Å². The van der Waals surface area contributed by atoms with Gasteiger partial charge in [-0.3, -0.25) is 9.59 Å². The normalized spacial score (nSPS) is 15.3. The van der Waals surface area contributed by atoms with Gasteiger partial charge in [0.05, 0.1) is 16.3 Å². The van der Waals surface area contributed by atoms with Crippen LogP contribution in [-0.2, 0) is 11.2 Å². The number of amides is 2. The van der Waals surface area contributed by atoms with Crippen molar-refractivity contribution in [2.24, 2.45) is 0 Å². The molecular formula is C24H20ClFN2O3. The van der Waals surface area contributed by atoms with Crippen molar-refractivity contribution in [2.75, 3.05) is 16.8 Å². The monoisotopic (exact) mass is 438 g/mol. The van der Waals surface area contributed by atoms with Gasteiger partial charge in [-0.05, 0) is 43.2 Å². The van der Waals surface area contributed by atoms with Crippen LogP contribution >= 0.6 is 11.6 Å². The van der Waals surface area contributed by atoms with Gasteiger partial charge in [0.25, 0.3) is 11.8 Å². The Labute approximate surface area is 184 Å². The van der Waals surface area contributed by atoms with Crippen LogP contribution in [0.5, 0.6) is 5.75 Å². The summed E-state index contributed by atoms with van der Waals surface area (Å²) in [7, 11) is 0. The Morgan fingerprint density at radius 1 is 1.13 bits per heavy atom. The predicted molar refractivity (Wildman–Crippen MR) is 118 cm³/mol. The number of hydrogen-bond acceptors (Lipinski definition) is 3. The summed E-state index contributed by atoms with van der Waals surface area (Å²) < 4.78 is 19.8. The van der Waals surface area contributed by atoms with E-state index in [2.05, 4.69) is 5.32 Å². The lowest BCUT2D eigenvalue weighted by atomic mass is 10.1. The Bertz CT molecular complexity index is 1120. The van der Waals surface area contributed by atoms with E-state index < -0.39 is 17.8 Å². The predicted octanol–water partition coefficient (Wildman–Crippen LogP) is 5.09. The average molecular weight is 439 g/mol. The van der Waals surface area contributed by atoms with Gasteiger partial charge < -0.3 is 15.0 Å². The Morgan fingerprint density at radius 2 is 1.90 bits per heavy atom. The molecule has 3 aromatic rings. The van der Waals surface area contributed by atoms with Crippen molar-refractivity contribution in [3.63, 3.8) is 0 Å². The molecule has 0 spiro atoms. The molecule has 0 fully saturated rings. The van der Waals surface area contributed by atoms with Crippen LogP contribution in [0.2, 0.25) is 5.02 Å². The maximum absolute atomic E-state index is 14.0. The molecule has 3 aromatic carbocycles. The molecular weight excluding hydrogens is 419 g/mol. The van der Waals surface area contributed by atoms with Crippen LogP contribution in [0.25, 0.3) is 0 Å². The molecule has 0 radical (unpaired) electrons. The number of anilines is 2. The molecule has 7 heteroatoms. The van der Waals surface area contributed by atoms with Gasteiger partial charge in [0, 0.05) is 18.3 Å². The first-order valence-corrected chi connectivity index (χ1v) is 10.2. The summed E-state index contributed by atoms with van der Waals surface area (Å²) in [4.78, 5) is 26.9. The van der Waals surface area contributed by atoms with Crippen LogP contribution in [0.3, 0.4) is 0 Å². The van der Waals surface area contributed by atoms with Crippen LogP contribution in [0.15, 0.2) is 66.7 Å². The molecule has 31 heavy (non-hydrogen) atoms. The number of carbonyl (C=O) groups is 2. The second-order valence-corrected chi connectivity index (χ2v) is 7.63. The molecule has 5 nitrogen and oxygen atoms in total. The van der Waals surface area contributed by atoms with E-state index in [1.54, 1.807) is 30.0 Å². The molecule has 1 heterocycles. The Balaban J connectivity index is 1.56. The third-order valence-corrected chi connectivity index (χ3v) is 5.40. The summed E-state index contributed by atoms with van der Waals surface area (Å²) in [6, 6.07) is 18.9. The van der Waals surface area contributed by atoms with E-state index in [0.29, 0.717) is 30.1 Å². The van der Waals surface area contributed by atoms with E-state index in [1.807, 2.05) is 30.3 Å². The summed E-state index contributed by atoms with van der Waals surface area (Å²) in [5, 5.41) is 2.67. The van der Waals surface area contributed by atoms with Crippen molar-refractivity contribution in [2.45, 2.75) is 19.4 Å². The van der Waals surface area contributed by atoms with Crippen molar-refractivity contribution in [1.29, 1.82) is 0 Å². The van der Waals surface area contributed by atoms with Crippen molar-refractivity contribution in [1.82, 2.24) is 0 Å². The zero-order valence-corrected chi connectivity index (χ0v) is 17.5. The van der Waals surface area contributed by atoms with Gasteiger partial charge in [0.15, 0.2) is 6.10 Å². The van der Waals surface area contributed by atoms with E-state index in [0.717, 1.165) is 5.56 Å². The molecule has 1 N–H and O–H groups in total. The number of benzene rings is 3. The first-order valence-electron chi connectivity index (χ1n) is 9.85. The minimum absolute atomic E-state index is 0.0259. The smallest absolute Gasteiger partial charge is 0.267 e. The molecule has 4 rings (SSSR count). The summed E-state index contributed by atoms with van der Waals surface area (Å²) in [6.07, 6.45) is 0.0402. The number of halogens is 2. The fraction of sp³-hybridized carbons (Fsp3) is 0.167. The molecule has 0 aromatic heterocycles. The zero-order valence-electron chi connectivity index (χ0n) is 16.8. The molecule has 0 saturated heterocycles. The van der Waals surface area contributed by atoms with E-state index in [4.69, 9.17) is 16.3 Å². The number of hydrogen-bond donors (Lipinski definition) is 1. The van der Waals surface area contributed by atoms with Crippen LogP contribution in [0.1, 0.15) is 22.8 Å². The van der Waals surface area contributed by atoms with Gasteiger partial charge in [0.1, 0.15) is 11.6 Å². The molecule has 1 aliphatic heterocycles. The minimum Gasteiger partial charge on any atom is -0.479 e. The molecule has 1 aliphatic rings. The zero-order chi connectivity index (χ0) is 22.0. The van der Waals surface area contributed by atoms with Gasteiger partial charge in [-0.2, -0.15) is 0 Å². The highest BCUT2D eigenvalue weighted by Gasteiger charge is 2.31. The highest BCUT2D eigenvalue weighted by Crippen LogP contribution is 2.36. The molecule has 1 atom stereocenters. The SMILES string of the molecule is CC1Oc2cc(NC(=O)c3c(F)cccc3Cl)ccc2N(CCc2ccccc2)C1=O. The number of ether oxygens (including phenoxy) is 1. The van der Waals surface area contributed by atoms with Gasteiger partial charge in [0.2, 0.25) is 0 Å². The number of fused-ring (bicyclic) bond motifs is 1. The summed E-state index contributed by atoms with van der Waals surface area (Å²) >= 11 is 5.98. The third kappa shape index (κ3) is 4.39. The maximum Gasteiger partial charge on any atom is 0.267 e. The fourth-order valence-electron chi connectivity index (χ4n) is 3.51. The van der Waals surface area contributed by atoms with E-state index in [-0.39, 0.29) is 16.5 Å². The Morgan fingerprint density at radius 3 is 2.65 bits per heavy atom. The lowest BCUT2D eigenvalue weighted by molar-refractivity contribution is -0.125. The highest BCUT2D eigenvalue weighted by molar-refractivity contribution is 6.34. The van der Waals surface area contributed by atoms with Crippen molar-refractivity contribution >= 4 is 34.8 Å². The number of nitrogens with one attached hydrogen (secondary N) is 1. The van der Waals surface area contributed by atoms with Gasteiger partial charge in [-0.25, -0.2) is 4.39 Å². The van der Waals surface area contributed by atoms with E-state index >= 15 is 0 Å². The van der Waals surface area contributed by atoms with Crippen LogP contribution in [-0.4, -0.2) is 24.5 Å². The molecule has 1 unspecified atom stereocenters. The first-order chi connectivity index (χ1) is 14.9. The first kappa shape index (κ1) is 20.9. The molecule has 0 saturated carbocycles. The lowest BCUT2D eigenvalue weighted by Crippen LogP contribution is -2.45. The number of rotatable bonds is 5. The van der Waals surface area contributed by atoms with E-state index in [1.165, 1.54) is 18.2 Å². The van der Waals surface area contributed by atoms with Crippen LogP contribution in [0, 0.1) is 5.82 Å². The standard InChI is InChI=1S/C24H20ClFN2O3/c1-15-24(30)28(13-12-16-6-3-2-4-7-16)20-11-10-17(14-21(20)31-15)27-23(29)22-18(25)8-5-9-19(22)26/h2-11,14-15H,12-13H2,1H3,(H,27,29). The van der Waals surface area contributed by atoms with Gasteiger partial charge >= 0.3 is 0 Å². The van der Waals surface area contributed by atoms with Crippen molar-refractivity contribution in [3.05, 3.63) is 88.7 Å². The second kappa shape index (κ2) is 8.78. The molecule has 158 valence electrons. The number of nitrogens with zero attached hydrogens (tertiary/aromatic N) is 1. The second-order valence-electron chi connectivity index (χ2n) is 7.22. The fourth-order valence-corrected chi connectivity index (χ4v) is 3.76. The molecule has 0 bridgehead atoms. The maximum atomic E-state index is 14.0. The quantitative estimate of drug-likeness (QED) is 0.603. The largest absolute Gasteiger partial charge is 0.479 e. The van der Waals surface area contributed by atoms with E-state index in [9.17, 15) is 14.0 Å². The topological polar surface area (TPSA) is 58.6 Å². The summed E-state index contributed by atoms with van der Waals surface area (Å²) in [5.74, 6) is -1.02. The lowest BCUT2D eigenvalue weighted by Gasteiger charge is -2.33. The average Bonchev–Trinajstić information content (AvgIpc) is 2.75. The third-order valence-electron chi connectivity index (χ3n) is 5.08. The van der Waals surface area contributed by atoms with Crippen LogP contribution < -0.4 is 15.0 Å². The number of carbonyl (C=O) groups excluding carboxylic acids is 2. The Hall–Kier alpha value is -3.38. The van der Waals surface area contributed by atoms with Gasteiger partial charge in [-0.1, -0.05) is 48.0 Å². The molecule has 2 amide bonds. The summed E-state index contributed by atoms with van der Waals surface area (Å²) in [6.45, 7) is 2.19. The minimum atomic E-state index is -0.703. The molecule has 0 aliphatic carbocycles. The summed E-state index contributed by atoms with van der Waals surface area (Å²) in [5.41, 5.74) is 1.94. The van der Waals surface area contributed by atoms with Crippen molar-refractivity contribution in [3.8, 4) is 5.75 Å². The highest BCUT2D eigenvalue weighted by atomic mass is 35.5. The Kier molecular flexibility index (Phi) is 5.91. The van der Waals surface area contributed by atoms with Gasteiger partial charge in [-0.15, -0.1) is 0 Å². The van der Waals surface area contributed by atoms with Crippen molar-refractivity contribution < 1.29 is 18.7 Å².